The molecule has 3 rings (SSSR count). The summed E-state index contributed by atoms with van der Waals surface area (Å²) in [5.41, 5.74) is 0.795. The molecule has 1 saturated carbocycles. The predicted octanol–water partition coefficient (Wildman–Crippen LogP) is 2.17. The van der Waals surface area contributed by atoms with Crippen LogP contribution in [0.5, 0.6) is 0 Å². The van der Waals surface area contributed by atoms with Crippen molar-refractivity contribution in [1.29, 1.82) is 0 Å². The van der Waals surface area contributed by atoms with E-state index < -0.39 is 5.97 Å². The number of aliphatic carboxylic acids is 1. The summed E-state index contributed by atoms with van der Waals surface area (Å²) in [7, 11) is 0. The molecule has 2 aromatic heterocycles. The average molecular weight is 232 g/mol. The molecule has 0 amide bonds. The van der Waals surface area contributed by atoms with Crippen molar-refractivity contribution in [3.8, 4) is 11.5 Å². The molecular formula is C12H12N2O3. The number of hydrogen-bond acceptors (Lipinski definition) is 3. The van der Waals surface area contributed by atoms with E-state index in [9.17, 15) is 4.79 Å². The van der Waals surface area contributed by atoms with E-state index in [1.165, 1.54) is 0 Å². The third-order valence-corrected chi connectivity index (χ3v) is 3.06. The van der Waals surface area contributed by atoms with Gasteiger partial charge in [-0.1, -0.05) is 0 Å². The fourth-order valence-electron chi connectivity index (χ4n) is 2.00. The van der Waals surface area contributed by atoms with Gasteiger partial charge in [-0.3, -0.25) is 4.79 Å². The number of carboxylic acid groups (broad SMARTS) is 1. The highest BCUT2D eigenvalue weighted by molar-refractivity contribution is 5.75. The summed E-state index contributed by atoms with van der Waals surface area (Å²) in [6, 6.07) is 3.75. The zero-order valence-corrected chi connectivity index (χ0v) is 9.30. The van der Waals surface area contributed by atoms with Crippen LogP contribution in [-0.4, -0.2) is 21.0 Å². The van der Waals surface area contributed by atoms with Crippen LogP contribution in [0.15, 0.2) is 22.7 Å². The number of imidazole rings is 1. The number of rotatable bonds is 3. The molecule has 2 N–H and O–H groups in total. The van der Waals surface area contributed by atoms with Crippen LogP contribution in [0.1, 0.15) is 23.9 Å². The third-order valence-electron chi connectivity index (χ3n) is 3.06. The zero-order chi connectivity index (χ0) is 12.0. The summed E-state index contributed by atoms with van der Waals surface area (Å²) in [4.78, 5) is 18.1. The molecule has 88 valence electrons. The molecule has 1 fully saturated rings. The van der Waals surface area contributed by atoms with Gasteiger partial charge in [0.1, 0.15) is 17.3 Å². The van der Waals surface area contributed by atoms with Crippen molar-refractivity contribution in [3.63, 3.8) is 0 Å². The number of carboxylic acids is 1. The maximum absolute atomic E-state index is 10.8. The Morgan fingerprint density at radius 3 is 3.00 bits per heavy atom. The molecule has 0 aromatic carbocycles. The molecule has 0 radical (unpaired) electrons. The van der Waals surface area contributed by atoms with Gasteiger partial charge in [0.05, 0.1) is 12.1 Å². The molecule has 17 heavy (non-hydrogen) atoms. The van der Waals surface area contributed by atoms with Crippen molar-refractivity contribution in [3.05, 3.63) is 29.9 Å². The first-order chi connectivity index (χ1) is 8.15. The molecule has 0 bridgehead atoms. The van der Waals surface area contributed by atoms with Gasteiger partial charge < -0.3 is 14.5 Å². The Hall–Kier alpha value is -2.04. The van der Waals surface area contributed by atoms with E-state index in [1.54, 1.807) is 6.20 Å². The topological polar surface area (TPSA) is 79.1 Å². The fraction of sp³-hybridized carbons (Fsp3) is 0.333. The van der Waals surface area contributed by atoms with E-state index in [2.05, 4.69) is 9.97 Å². The number of aromatic nitrogens is 2. The third kappa shape index (κ3) is 1.73. The minimum Gasteiger partial charge on any atom is -0.481 e. The lowest BCUT2D eigenvalue weighted by molar-refractivity contribution is -0.138. The first kappa shape index (κ1) is 10.1. The Balaban J connectivity index is 1.82. The van der Waals surface area contributed by atoms with Crippen molar-refractivity contribution in [1.82, 2.24) is 9.97 Å². The van der Waals surface area contributed by atoms with Gasteiger partial charge in [0.15, 0.2) is 5.76 Å². The number of aryl methyl sites for hydroxylation is 1. The van der Waals surface area contributed by atoms with E-state index in [1.807, 2.05) is 19.1 Å². The van der Waals surface area contributed by atoms with Gasteiger partial charge in [-0.25, -0.2) is 4.98 Å². The number of nitrogens with zero attached hydrogens (tertiary/aromatic N) is 1. The minimum absolute atomic E-state index is 0.0253. The highest BCUT2D eigenvalue weighted by Crippen LogP contribution is 2.46. The number of aromatic amines is 1. The number of H-pyrrole nitrogens is 1. The Morgan fingerprint density at radius 1 is 1.59 bits per heavy atom. The maximum atomic E-state index is 10.8. The maximum Gasteiger partial charge on any atom is 0.307 e. The summed E-state index contributed by atoms with van der Waals surface area (Å²) in [5.74, 6) is 1.30. The van der Waals surface area contributed by atoms with Crippen molar-refractivity contribution in [2.75, 3.05) is 0 Å². The van der Waals surface area contributed by atoms with Gasteiger partial charge in [-0.2, -0.15) is 0 Å². The lowest BCUT2D eigenvalue weighted by Gasteiger charge is -1.92. The van der Waals surface area contributed by atoms with Gasteiger partial charge >= 0.3 is 5.97 Å². The molecule has 0 saturated heterocycles. The molecule has 5 nitrogen and oxygen atoms in total. The number of furan rings is 1. The van der Waals surface area contributed by atoms with Gasteiger partial charge in [0.25, 0.3) is 0 Å². The van der Waals surface area contributed by atoms with Crippen LogP contribution in [0.4, 0.5) is 0 Å². The summed E-state index contributed by atoms with van der Waals surface area (Å²) in [5, 5.41) is 8.85. The highest BCUT2D eigenvalue weighted by atomic mass is 16.4. The van der Waals surface area contributed by atoms with Crippen LogP contribution in [0.2, 0.25) is 0 Å². The molecule has 1 aliphatic rings. The average Bonchev–Trinajstić information content (AvgIpc) is 2.74. The van der Waals surface area contributed by atoms with Gasteiger partial charge in [0, 0.05) is 5.92 Å². The van der Waals surface area contributed by atoms with E-state index in [0.29, 0.717) is 6.42 Å². The molecule has 2 heterocycles. The van der Waals surface area contributed by atoms with Crippen molar-refractivity contribution in [2.45, 2.75) is 19.3 Å². The van der Waals surface area contributed by atoms with Crippen LogP contribution >= 0.6 is 0 Å². The molecule has 2 unspecified atom stereocenters. The van der Waals surface area contributed by atoms with Crippen LogP contribution in [-0.2, 0) is 4.79 Å². The van der Waals surface area contributed by atoms with Crippen molar-refractivity contribution >= 4 is 5.97 Å². The number of carbonyl (C=O) groups is 1. The van der Waals surface area contributed by atoms with Gasteiger partial charge in [0.2, 0.25) is 0 Å². The highest BCUT2D eigenvalue weighted by Gasteiger charge is 2.46. The Morgan fingerprint density at radius 2 is 2.41 bits per heavy atom. The monoisotopic (exact) mass is 232 g/mol. The zero-order valence-electron chi connectivity index (χ0n) is 9.30. The minimum atomic E-state index is -0.748. The molecule has 1 aliphatic carbocycles. The lowest BCUT2D eigenvalue weighted by Crippen LogP contribution is -1.99. The SMILES string of the molecule is Cc1ccc(-c2cnc(C3CC3C(=O)O)[nH]2)o1. The first-order valence-corrected chi connectivity index (χ1v) is 5.49. The number of hydrogen-bond donors (Lipinski definition) is 2. The van der Waals surface area contributed by atoms with Crippen LogP contribution < -0.4 is 0 Å². The first-order valence-electron chi connectivity index (χ1n) is 5.49. The standard InChI is InChI=1S/C12H12N2O3/c1-6-2-3-10(17-6)9-5-13-11(14-9)7-4-8(7)12(15)16/h2-3,5,7-8H,4H2,1H3,(H,13,14)(H,15,16). The van der Waals surface area contributed by atoms with Gasteiger partial charge in [-0.05, 0) is 25.5 Å². The summed E-state index contributed by atoms with van der Waals surface area (Å²) < 4.78 is 5.47. The molecule has 2 atom stereocenters. The molecular weight excluding hydrogens is 220 g/mol. The summed E-state index contributed by atoms with van der Waals surface area (Å²) in [6.45, 7) is 1.88. The quantitative estimate of drug-likeness (QED) is 0.849. The Labute approximate surface area is 97.5 Å². The Kier molecular flexibility index (Phi) is 2.07. The smallest absolute Gasteiger partial charge is 0.307 e. The second kappa shape index (κ2) is 3.48. The summed E-state index contributed by atoms with van der Waals surface area (Å²) >= 11 is 0. The molecule has 0 spiro atoms. The molecule has 5 heteroatoms. The number of nitrogens with one attached hydrogen (secondary N) is 1. The molecule has 2 aromatic rings. The van der Waals surface area contributed by atoms with E-state index in [4.69, 9.17) is 9.52 Å². The largest absolute Gasteiger partial charge is 0.481 e. The van der Waals surface area contributed by atoms with Crippen LogP contribution in [0.25, 0.3) is 11.5 Å². The summed E-state index contributed by atoms with van der Waals surface area (Å²) in [6.07, 6.45) is 2.35. The van der Waals surface area contributed by atoms with E-state index in [0.717, 1.165) is 23.0 Å². The van der Waals surface area contributed by atoms with E-state index >= 15 is 0 Å². The second-order valence-electron chi connectivity index (χ2n) is 4.38. The second-order valence-corrected chi connectivity index (χ2v) is 4.38. The normalized spacial score (nSPS) is 22.6. The van der Waals surface area contributed by atoms with Crippen molar-refractivity contribution < 1.29 is 14.3 Å². The fourth-order valence-corrected chi connectivity index (χ4v) is 2.00. The predicted molar refractivity (Wildman–Crippen MR) is 59.5 cm³/mol. The molecule has 0 aliphatic heterocycles. The van der Waals surface area contributed by atoms with Crippen molar-refractivity contribution in [2.24, 2.45) is 5.92 Å². The van der Waals surface area contributed by atoms with E-state index in [-0.39, 0.29) is 11.8 Å². The van der Waals surface area contributed by atoms with Crippen LogP contribution in [0, 0.1) is 12.8 Å². The Bertz CT molecular complexity index is 570. The lowest BCUT2D eigenvalue weighted by atomic mass is 10.3. The van der Waals surface area contributed by atoms with Gasteiger partial charge in [-0.15, -0.1) is 0 Å². The van der Waals surface area contributed by atoms with Crippen LogP contribution in [0.3, 0.4) is 0 Å².